The van der Waals surface area contributed by atoms with Crippen LogP contribution in [-0.2, 0) is 0 Å². The topological polar surface area (TPSA) is 47.6 Å². The molecule has 0 aromatic rings. The van der Waals surface area contributed by atoms with Gasteiger partial charge in [0, 0.05) is 13.1 Å². The van der Waals surface area contributed by atoms with Gasteiger partial charge in [-0.05, 0) is 12.8 Å². The van der Waals surface area contributed by atoms with E-state index >= 15 is 0 Å². The molecule has 72 valence electrons. The highest BCUT2D eigenvalue weighted by molar-refractivity contribution is 4.47. The molecule has 12 heavy (non-hydrogen) atoms. The van der Waals surface area contributed by atoms with Crippen molar-refractivity contribution in [2.24, 2.45) is 0 Å². The molecule has 0 atom stereocenters. The lowest BCUT2D eigenvalue weighted by Crippen LogP contribution is -1.87. The molecule has 0 saturated carbocycles. The predicted molar refractivity (Wildman–Crippen MR) is 52.9 cm³/mol. The number of hydrogen-bond donors (Lipinski definition) is 0. The average molecular weight is 170 g/mol. The molecule has 0 fully saturated rings. The fourth-order valence-corrected chi connectivity index (χ4v) is 1.31. The summed E-state index contributed by atoms with van der Waals surface area (Å²) >= 11 is 0. The second kappa shape index (κ2) is 10.9. The zero-order chi connectivity index (χ0) is 9.07. The molecule has 0 amide bonds. The Balaban J connectivity index is 2.73. The summed E-state index contributed by atoms with van der Waals surface area (Å²) in [4.78, 5) is 0. The summed E-state index contributed by atoms with van der Waals surface area (Å²) in [5.41, 5.74) is 13.9. The summed E-state index contributed by atoms with van der Waals surface area (Å²) in [5, 5.41) is 0. The minimum atomic E-state index is 0.596. The quantitative estimate of drug-likeness (QED) is 0.478. The minimum Gasteiger partial charge on any atom is -0.258 e. The van der Waals surface area contributed by atoms with Gasteiger partial charge in [-0.15, -0.1) is 0 Å². The first kappa shape index (κ1) is 11.9. The molecule has 0 heterocycles. The van der Waals surface area contributed by atoms with Crippen molar-refractivity contribution in [1.82, 2.24) is 11.5 Å². The first-order valence-corrected chi connectivity index (χ1v) is 5.21. The maximum atomic E-state index is 6.95. The second-order valence-corrected chi connectivity index (χ2v) is 3.33. The minimum absolute atomic E-state index is 0.596. The van der Waals surface area contributed by atoms with Gasteiger partial charge in [0.2, 0.25) is 0 Å². The molecule has 2 nitrogen and oxygen atoms in total. The Hall–Kier alpha value is -0.0800. The van der Waals surface area contributed by atoms with Crippen LogP contribution in [0.2, 0.25) is 0 Å². The van der Waals surface area contributed by atoms with Gasteiger partial charge in [0.05, 0.1) is 0 Å². The van der Waals surface area contributed by atoms with Crippen LogP contribution in [-0.4, -0.2) is 13.1 Å². The molecule has 2 heteroatoms. The number of nitrogens with one attached hydrogen (secondary N) is 2. The number of rotatable bonds is 9. The average Bonchev–Trinajstić information content (AvgIpc) is 2.10. The molecule has 0 aromatic heterocycles. The van der Waals surface area contributed by atoms with Crippen LogP contribution in [0.15, 0.2) is 0 Å². The molecule has 0 aliphatic rings. The maximum Gasteiger partial charge on any atom is 0.00997 e. The van der Waals surface area contributed by atoms with Crippen LogP contribution in [0.1, 0.15) is 51.4 Å². The van der Waals surface area contributed by atoms with Gasteiger partial charge >= 0.3 is 0 Å². The first-order valence-electron chi connectivity index (χ1n) is 5.21. The molecular formula is C10H22N2. The van der Waals surface area contributed by atoms with E-state index < -0.39 is 0 Å². The van der Waals surface area contributed by atoms with Crippen LogP contribution < -0.4 is 11.5 Å². The van der Waals surface area contributed by atoms with Crippen molar-refractivity contribution in [1.29, 1.82) is 0 Å². The molecule has 0 aromatic carbocycles. The van der Waals surface area contributed by atoms with E-state index in [1.54, 1.807) is 0 Å². The Morgan fingerprint density at radius 3 is 0.917 bits per heavy atom. The lowest BCUT2D eigenvalue weighted by atomic mass is 10.1. The zero-order valence-electron chi connectivity index (χ0n) is 8.07. The van der Waals surface area contributed by atoms with Crippen LogP contribution in [0.3, 0.4) is 0 Å². The largest absolute Gasteiger partial charge is 0.258 e. The van der Waals surface area contributed by atoms with Gasteiger partial charge in [-0.3, -0.25) is 11.5 Å². The summed E-state index contributed by atoms with van der Waals surface area (Å²) in [7, 11) is 0. The van der Waals surface area contributed by atoms with Crippen LogP contribution >= 0.6 is 0 Å². The van der Waals surface area contributed by atoms with Gasteiger partial charge in [0.15, 0.2) is 0 Å². The normalized spacial score (nSPS) is 10.5. The van der Waals surface area contributed by atoms with Crippen LogP contribution in [0.25, 0.3) is 0 Å². The third-order valence-corrected chi connectivity index (χ3v) is 2.10. The van der Waals surface area contributed by atoms with Crippen molar-refractivity contribution >= 4 is 0 Å². The Bertz CT molecular complexity index is 64.2. The SMILES string of the molecule is [NH]CCCCCCCCCC[NH]. The lowest BCUT2D eigenvalue weighted by molar-refractivity contribution is 0.570. The number of unbranched alkanes of at least 4 members (excludes halogenated alkanes) is 7. The van der Waals surface area contributed by atoms with Crippen molar-refractivity contribution in [3.8, 4) is 0 Å². The van der Waals surface area contributed by atoms with Crippen molar-refractivity contribution in [3.05, 3.63) is 0 Å². The molecule has 0 aliphatic carbocycles. The van der Waals surface area contributed by atoms with Crippen LogP contribution in [0, 0.1) is 0 Å². The van der Waals surface area contributed by atoms with Gasteiger partial charge in [0.25, 0.3) is 0 Å². The monoisotopic (exact) mass is 170 g/mol. The molecule has 2 N–H and O–H groups in total. The first-order chi connectivity index (χ1) is 5.91. The van der Waals surface area contributed by atoms with E-state index in [2.05, 4.69) is 0 Å². The summed E-state index contributed by atoms with van der Waals surface area (Å²) in [5.74, 6) is 0. The van der Waals surface area contributed by atoms with Crippen molar-refractivity contribution in [2.45, 2.75) is 51.4 Å². The molecule has 0 saturated heterocycles. The molecular weight excluding hydrogens is 148 g/mol. The Morgan fingerprint density at radius 1 is 0.417 bits per heavy atom. The molecule has 2 radical (unpaired) electrons. The molecule has 0 bridgehead atoms. The Labute approximate surface area is 76.7 Å². The highest BCUT2D eigenvalue weighted by atomic mass is 14.5. The van der Waals surface area contributed by atoms with Crippen LogP contribution in [0.4, 0.5) is 0 Å². The molecule has 0 spiro atoms. The van der Waals surface area contributed by atoms with Gasteiger partial charge in [-0.25, -0.2) is 0 Å². The van der Waals surface area contributed by atoms with E-state index in [1.165, 1.54) is 38.5 Å². The van der Waals surface area contributed by atoms with E-state index in [4.69, 9.17) is 11.5 Å². The fraction of sp³-hybridized carbons (Fsp3) is 1.00. The van der Waals surface area contributed by atoms with Crippen molar-refractivity contribution in [3.63, 3.8) is 0 Å². The van der Waals surface area contributed by atoms with Gasteiger partial charge in [-0.2, -0.15) is 0 Å². The van der Waals surface area contributed by atoms with Crippen LogP contribution in [0.5, 0.6) is 0 Å². The van der Waals surface area contributed by atoms with E-state index in [9.17, 15) is 0 Å². The van der Waals surface area contributed by atoms with Crippen molar-refractivity contribution in [2.75, 3.05) is 13.1 Å². The smallest absolute Gasteiger partial charge is 0.00997 e. The third kappa shape index (κ3) is 9.92. The van der Waals surface area contributed by atoms with E-state index in [0.29, 0.717) is 13.1 Å². The van der Waals surface area contributed by atoms with E-state index in [1.807, 2.05) is 0 Å². The van der Waals surface area contributed by atoms with Gasteiger partial charge in [0.1, 0.15) is 0 Å². The van der Waals surface area contributed by atoms with Gasteiger partial charge in [-0.1, -0.05) is 38.5 Å². The standard InChI is InChI=1S/C10H22N2/c11-9-7-5-3-1-2-4-6-8-10-12/h11-12H,1-10H2. The highest BCUT2D eigenvalue weighted by Crippen LogP contribution is 2.07. The number of hydrogen-bond acceptors (Lipinski definition) is 0. The third-order valence-electron chi connectivity index (χ3n) is 2.10. The molecule has 0 aliphatic heterocycles. The Morgan fingerprint density at radius 2 is 0.667 bits per heavy atom. The second-order valence-electron chi connectivity index (χ2n) is 3.33. The Kier molecular flexibility index (Phi) is 10.8. The predicted octanol–water partition coefficient (Wildman–Crippen LogP) is 2.67. The molecule has 0 rings (SSSR count). The summed E-state index contributed by atoms with van der Waals surface area (Å²) in [6.45, 7) is 1.19. The van der Waals surface area contributed by atoms with Crippen molar-refractivity contribution < 1.29 is 0 Å². The zero-order valence-corrected chi connectivity index (χ0v) is 8.07. The van der Waals surface area contributed by atoms with E-state index in [0.717, 1.165) is 12.8 Å². The summed E-state index contributed by atoms with van der Waals surface area (Å²) in [6.07, 6.45) is 9.90. The van der Waals surface area contributed by atoms with Gasteiger partial charge < -0.3 is 0 Å². The maximum absolute atomic E-state index is 6.95. The highest BCUT2D eigenvalue weighted by Gasteiger charge is 1.90. The summed E-state index contributed by atoms with van der Waals surface area (Å²) in [6, 6.07) is 0. The fourth-order valence-electron chi connectivity index (χ4n) is 1.31. The lowest BCUT2D eigenvalue weighted by Gasteiger charge is -1.99. The molecule has 0 unspecified atom stereocenters. The van der Waals surface area contributed by atoms with E-state index in [-0.39, 0.29) is 0 Å². The summed E-state index contributed by atoms with van der Waals surface area (Å²) < 4.78 is 0.